The zero-order valence-corrected chi connectivity index (χ0v) is 12.7. The van der Waals surface area contributed by atoms with E-state index in [1.54, 1.807) is 28.1 Å². The molecule has 2 rings (SSSR count). The highest BCUT2D eigenvalue weighted by Crippen LogP contribution is 2.09. The number of aromatic nitrogens is 1. The number of carbonyl (C=O) groups excluding carboxylic acids is 3. The molecule has 120 valence electrons. The Morgan fingerprint density at radius 3 is 2.55 bits per heavy atom. The number of hydrogen-bond donors (Lipinski definition) is 1. The molecule has 0 aromatic carbocycles. The van der Waals surface area contributed by atoms with Crippen LogP contribution in [-0.2, 0) is 14.3 Å². The lowest BCUT2D eigenvalue weighted by molar-refractivity contribution is -0.143. The molecule has 0 spiro atoms. The normalized spacial score (nSPS) is 15.3. The third kappa shape index (κ3) is 4.09. The lowest BCUT2D eigenvalue weighted by Crippen LogP contribution is -2.37. The zero-order valence-electron chi connectivity index (χ0n) is 12.7. The molecule has 1 aromatic rings. The lowest BCUT2D eigenvalue weighted by Gasteiger charge is -2.21. The molecule has 2 heterocycles. The van der Waals surface area contributed by atoms with Crippen molar-refractivity contribution in [3.8, 4) is 0 Å². The van der Waals surface area contributed by atoms with Crippen molar-refractivity contribution in [2.45, 2.75) is 19.3 Å². The van der Waals surface area contributed by atoms with Gasteiger partial charge in [0, 0.05) is 38.8 Å². The van der Waals surface area contributed by atoms with Gasteiger partial charge in [-0.1, -0.05) is 0 Å². The van der Waals surface area contributed by atoms with Crippen LogP contribution < -0.4 is 0 Å². The van der Waals surface area contributed by atoms with Crippen molar-refractivity contribution in [2.75, 3.05) is 33.3 Å². The molecule has 1 aliphatic heterocycles. The van der Waals surface area contributed by atoms with Crippen molar-refractivity contribution >= 4 is 17.8 Å². The zero-order chi connectivity index (χ0) is 15.9. The fourth-order valence-corrected chi connectivity index (χ4v) is 2.47. The first kappa shape index (κ1) is 16.1. The van der Waals surface area contributed by atoms with Gasteiger partial charge in [0.05, 0.1) is 13.5 Å². The third-order valence-electron chi connectivity index (χ3n) is 3.73. The first-order valence-corrected chi connectivity index (χ1v) is 7.39. The summed E-state index contributed by atoms with van der Waals surface area (Å²) in [5.41, 5.74) is 0.561. The number of ether oxygens (including phenoxy) is 1. The van der Waals surface area contributed by atoms with Crippen LogP contribution in [0.2, 0.25) is 0 Å². The van der Waals surface area contributed by atoms with Crippen LogP contribution in [0.4, 0.5) is 0 Å². The van der Waals surface area contributed by atoms with Crippen molar-refractivity contribution in [1.29, 1.82) is 0 Å². The van der Waals surface area contributed by atoms with Crippen molar-refractivity contribution in [2.24, 2.45) is 0 Å². The first-order chi connectivity index (χ1) is 10.6. The van der Waals surface area contributed by atoms with Crippen LogP contribution in [0.1, 0.15) is 29.8 Å². The minimum atomic E-state index is -0.383. The van der Waals surface area contributed by atoms with Crippen LogP contribution in [0, 0.1) is 0 Å². The summed E-state index contributed by atoms with van der Waals surface area (Å²) >= 11 is 0. The number of methoxy groups -OCH3 is 1. The highest BCUT2D eigenvalue weighted by atomic mass is 16.5. The third-order valence-corrected chi connectivity index (χ3v) is 3.73. The van der Waals surface area contributed by atoms with Gasteiger partial charge in [-0.05, 0) is 18.6 Å². The Labute approximate surface area is 129 Å². The number of rotatable bonds is 4. The lowest BCUT2D eigenvalue weighted by atomic mass is 10.2. The SMILES string of the molecule is COC(=O)CCC(=O)N1CCCN(C(=O)c2ccc[nH]2)CC1. The van der Waals surface area contributed by atoms with Crippen LogP contribution in [0.5, 0.6) is 0 Å². The molecular formula is C15H21N3O4. The fraction of sp³-hybridized carbons (Fsp3) is 0.533. The average molecular weight is 307 g/mol. The van der Waals surface area contributed by atoms with Gasteiger partial charge in [-0.2, -0.15) is 0 Å². The predicted molar refractivity (Wildman–Crippen MR) is 79.1 cm³/mol. The number of aromatic amines is 1. The molecule has 0 radical (unpaired) electrons. The molecule has 1 aliphatic rings. The summed E-state index contributed by atoms with van der Waals surface area (Å²) in [6.45, 7) is 2.22. The van der Waals surface area contributed by atoms with E-state index in [-0.39, 0.29) is 30.6 Å². The van der Waals surface area contributed by atoms with Crippen LogP contribution in [0.15, 0.2) is 18.3 Å². The monoisotopic (exact) mass is 307 g/mol. The Hall–Kier alpha value is -2.31. The molecule has 7 nitrogen and oxygen atoms in total. The van der Waals surface area contributed by atoms with Gasteiger partial charge in [0.1, 0.15) is 5.69 Å². The Morgan fingerprint density at radius 1 is 1.14 bits per heavy atom. The van der Waals surface area contributed by atoms with E-state index >= 15 is 0 Å². The van der Waals surface area contributed by atoms with E-state index in [0.717, 1.165) is 6.42 Å². The maximum atomic E-state index is 12.3. The Balaban J connectivity index is 1.85. The van der Waals surface area contributed by atoms with E-state index < -0.39 is 0 Å². The summed E-state index contributed by atoms with van der Waals surface area (Å²) in [4.78, 5) is 41.8. The molecule has 0 aliphatic carbocycles. The van der Waals surface area contributed by atoms with Gasteiger partial charge in [0.2, 0.25) is 5.91 Å². The quantitative estimate of drug-likeness (QED) is 0.828. The molecule has 1 saturated heterocycles. The van der Waals surface area contributed by atoms with Crippen molar-refractivity contribution < 1.29 is 19.1 Å². The number of hydrogen-bond acceptors (Lipinski definition) is 4. The number of H-pyrrole nitrogens is 1. The Kier molecular flexibility index (Phi) is 5.57. The molecular weight excluding hydrogens is 286 g/mol. The van der Waals surface area contributed by atoms with Gasteiger partial charge < -0.3 is 19.5 Å². The summed E-state index contributed by atoms with van der Waals surface area (Å²) in [6, 6.07) is 3.53. The Morgan fingerprint density at radius 2 is 1.86 bits per heavy atom. The molecule has 7 heteroatoms. The standard InChI is InChI=1S/C15H21N3O4/c1-22-14(20)6-5-13(19)17-8-3-9-18(11-10-17)15(21)12-4-2-7-16-12/h2,4,7,16H,3,5-6,8-11H2,1H3. The summed E-state index contributed by atoms with van der Waals surface area (Å²) in [6.07, 6.45) is 2.69. The maximum absolute atomic E-state index is 12.3. The van der Waals surface area contributed by atoms with E-state index in [1.807, 2.05) is 0 Å². The minimum Gasteiger partial charge on any atom is -0.469 e. The van der Waals surface area contributed by atoms with Gasteiger partial charge in [0.15, 0.2) is 0 Å². The average Bonchev–Trinajstić information content (AvgIpc) is 2.96. The van der Waals surface area contributed by atoms with Crippen LogP contribution >= 0.6 is 0 Å². The maximum Gasteiger partial charge on any atom is 0.306 e. The van der Waals surface area contributed by atoms with E-state index in [0.29, 0.717) is 31.9 Å². The summed E-state index contributed by atoms with van der Waals surface area (Å²) < 4.78 is 4.54. The van der Waals surface area contributed by atoms with Gasteiger partial charge >= 0.3 is 5.97 Å². The highest BCUT2D eigenvalue weighted by Gasteiger charge is 2.23. The van der Waals surface area contributed by atoms with Crippen molar-refractivity contribution in [3.63, 3.8) is 0 Å². The summed E-state index contributed by atoms with van der Waals surface area (Å²) in [5, 5.41) is 0. The second-order valence-electron chi connectivity index (χ2n) is 5.19. The molecule has 0 saturated carbocycles. The molecule has 2 amide bonds. The number of nitrogens with zero attached hydrogens (tertiary/aromatic N) is 2. The minimum absolute atomic E-state index is 0.0474. The Bertz CT molecular complexity index is 527. The van der Waals surface area contributed by atoms with Crippen molar-refractivity contribution in [3.05, 3.63) is 24.0 Å². The van der Waals surface area contributed by atoms with Gasteiger partial charge in [-0.3, -0.25) is 14.4 Å². The van der Waals surface area contributed by atoms with E-state index in [1.165, 1.54) is 7.11 Å². The molecule has 1 aromatic heterocycles. The number of nitrogens with one attached hydrogen (secondary N) is 1. The number of amides is 2. The molecule has 0 atom stereocenters. The largest absolute Gasteiger partial charge is 0.469 e. The van der Waals surface area contributed by atoms with E-state index in [2.05, 4.69) is 9.72 Å². The van der Waals surface area contributed by atoms with Gasteiger partial charge in [-0.15, -0.1) is 0 Å². The first-order valence-electron chi connectivity index (χ1n) is 7.39. The number of esters is 1. The van der Waals surface area contributed by atoms with Gasteiger partial charge in [-0.25, -0.2) is 0 Å². The van der Waals surface area contributed by atoms with Crippen LogP contribution in [0.25, 0.3) is 0 Å². The van der Waals surface area contributed by atoms with E-state index in [9.17, 15) is 14.4 Å². The molecule has 0 bridgehead atoms. The second kappa shape index (κ2) is 7.63. The topological polar surface area (TPSA) is 82.7 Å². The van der Waals surface area contributed by atoms with Crippen LogP contribution in [-0.4, -0.2) is 65.9 Å². The smallest absolute Gasteiger partial charge is 0.306 e. The predicted octanol–water partition coefficient (Wildman–Crippen LogP) is 0.642. The summed E-state index contributed by atoms with van der Waals surface area (Å²) in [5.74, 6) is -0.500. The van der Waals surface area contributed by atoms with Crippen LogP contribution in [0.3, 0.4) is 0 Å². The molecule has 1 N–H and O–H groups in total. The molecule has 0 unspecified atom stereocenters. The molecule has 22 heavy (non-hydrogen) atoms. The van der Waals surface area contributed by atoms with Gasteiger partial charge in [0.25, 0.3) is 5.91 Å². The second-order valence-corrected chi connectivity index (χ2v) is 5.19. The fourth-order valence-electron chi connectivity index (χ4n) is 2.47. The summed E-state index contributed by atoms with van der Waals surface area (Å²) in [7, 11) is 1.31. The van der Waals surface area contributed by atoms with Crippen molar-refractivity contribution in [1.82, 2.24) is 14.8 Å². The highest BCUT2D eigenvalue weighted by molar-refractivity contribution is 5.92. The van der Waals surface area contributed by atoms with E-state index in [4.69, 9.17) is 0 Å². The molecule has 1 fully saturated rings. The number of carbonyl (C=O) groups is 3.